The molecule has 0 fully saturated rings. The van der Waals surface area contributed by atoms with Crippen molar-refractivity contribution in [2.75, 3.05) is 0 Å². The third-order valence-corrected chi connectivity index (χ3v) is 7.16. The van der Waals surface area contributed by atoms with Crippen molar-refractivity contribution < 1.29 is 8.42 Å². The van der Waals surface area contributed by atoms with Crippen LogP contribution in [0.5, 0.6) is 0 Å². The van der Waals surface area contributed by atoms with Gasteiger partial charge in [0.25, 0.3) is 10.0 Å². The second-order valence-corrected chi connectivity index (χ2v) is 9.46. The Morgan fingerprint density at radius 2 is 1.88 bits per heavy atom. The first-order valence-corrected chi connectivity index (χ1v) is 11.0. The summed E-state index contributed by atoms with van der Waals surface area (Å²) in [4.78, 5) is 9.04. The molecule has 2 aromatic heterocycles. The SMILES string of the molecule is Cc1ccc(S(=O)(=O)n2cc(I)c3c(C4=CCCCC4)ncnc32)cc1. The first-order chi connectivity index (χ1) is 12.5. The number of hydrogen-bond donors (Lipinski definition) is 0. The fourth-order valence-electron chi connectivity index (χ4n) is 3.30. The fourth-order valence-corrected chi connectivity index (χ4v) is 5.58. The Labute approximate surface area is 166 Å². The van der Waals surface area contributed by atoms with Crippen LogP contribution in [-0.2, 0) is 10.0 Å². The van der Waals surface area contributed by atoms with Gasteiger partial charge in [-0.05, 0) is 72.9 Å². The van der Waals surface area contributed by atoms with Crippen molar-refractivity contribution in [3.05, 3.63) is 57.7 Å². The molecule has 7 heteroatoms. The summed E-state index contributed by atoms with van der Waals surface area (Å²) in [5, 5.41) is 0.817. The van der Waals surface area contributed by atoms with Crippen molar-refractivity contribution >= 4 is 49.2 Å². The van der Waals surface area contributed by atoms with E-state index in [2.05, 4.69) is 38.6 Å². The maximum Gasteiger partial charge on any atom is 0.269 e. The van der Waals surface area contributed by atoms with Crippen LogP contribution in [0.15, 0.2) is 47.8 Å². The Morgan fingerprint density at radius 1 is 1.12 bits per heavy atom. The molecule has 1 aromatic carbocycles. The lowest BCUT2D eigenvalue weighted by Gasteiger charge is -2.13. The normalized spacial score (nSPS) is 15.2. The van der Waals surface area contributed by atoms with Gasteiger partial charge in [-0.1, -0.05) is 23.8 Å². The van der Waals surface area contributed by atoms with Crippen LogP contribution in [0.3, 0.4) is 0 Å². The Kier molecular flexibility index (Phi) is 4.60. The lowest BCUT2D eigenvalue weighted by Crippen LogP contribution is -2.12. The highest BCUT2D eigenvalue weighted by Gasteiger charge is 2.24. The summed E-state index contributed by atoms with van der Waals surface area (Å²) in [7, 11) is -3.71. The quantitative estimate of drug-likeness (QED) is 0.518. The van der Waals surface area contributed by atoms with E-state index >= 15 is 0 Å². The zero-order valence-electron chi connectivity index (χ0n) is 14.3. The highest BCUT2D eigenvalue weighted by molar-refractivity contribution is 14.1. The number of rotatable bonds is 3. The minimum Gasteiger partial charge on any atom is -0.236 e. The van der Waals surface area contributed by atoms with Gasteiger partial charge in [0.15, 0.2) is 5.65 Å². The largest absolute Gasteiger partial charge is 0.269 e. The van der Waals surface area contributed by atoms with Gasteiger partial charge in [0.1, 0.15) is 6.33 Å². The number of fused-ring (bicyclic) bond motifs is 1. The van der Waals surface area contributed by atoms with Crippen molar-refractivity contribution in [2.45, 2.75) is 37.5 Å². The van der Waals surface area contributed by atoms with Gasteiger partial charge >= 0.3 is 0 Å². The van der Waals surface area contributed by atoms with E-state index in [1.165, 1.54) is 22.3 Å². The zero-order valence-corrected chi connectivity index (χ0v) is 17.3. The van der Waals surface area contributed by atoms with Gasteiger partial charge in [-0.15, -0.1) is 0 Å². The molecule has 0 unspecified atom stereocenters. The lowest BCUT2D eigenvalue weighted by atomic mass is 9.96. The van der Waals surface area contributed by atoms with Gasteiger partial charge in [0.2, 0.25) is 0 Å². The van der Waals surface area contributed by atoms with Crippen LogP contribution in [0.25, 0.3) is 16.6 Å². The summed E-state index contributed by atoms with van der Waals surface area (Å²) in [5.41, 5.74) is 3.50. The van der Waals surface area contributed by atoms with Gasteiger partial charge < -0.3 is 0 Å². The molecule has 1 aliphatic rings. The smallest absolute Gasteiger partial charge is 0.236 e. The van der Waals surface area contributed by atoms with Crippen LogP contribution in [0.2, 0.25) is 0 Å². The van der Waals surface area contributed by atoms with Crippen LogP contribution in [0.4, 0.5) is 0 Å². The van der Waals surface area contributed by atoms with Gasteiger partial charge in [0, 0.05) is 9.77 Å². The summed E-state index contributed by atoms with van der Waals surface area (Å²) in [6, 6.07) is 6.87. The molecule has 0 amide bonds. The van der Waals surface area contributed by atoms with E-state index < -0.39 is 10.0 Å². The average molecular weight is 479 g/mol. The molecular formula is C19H18IN3O2S. The Balaban J connectivity index is 1.93. The van der Waals surface area contributed by atoms with E-state index in [-0.39, 0.29) is 4.90 Å². The molecule has 0 saturated carbocycles. The number of nitrogens with zero attached hydrogens (tertiary/aromatic N) is 3. The van der Waals surface area contributed by atoms with Crippen molar-refractivity contribution in [3.63, 3.8) is 0 Å². The highest BCUT2D eigenvalue weighted by Crippen LogP contribution is 2.34. The molecule has 3 aromatic rings. The standard InChI is InChI=1S/C19H18IN3O2S/c1-13-7-9-15(10-8-13)26(24,25)23-11-16(20)17-18(21-12-22-19(17)23)14-5-3-2-4-6-14/h5,7-12H,2-4,6H2,1H3. The second-order valence-electron chi connectivity index (χ2n) is 6.49. The van der Waals surface area contributed by atoms with E-state index in [4.69, 9.17) is 0 Å². The van der Waals surface area contributed by atoms with Crippen LogP contribution in [0, 0.1) is 10.5 Å². The number of halogens is 1. The zero-order chi connectivity index (χ0) is 18.3. The Hall–Kier alpha value is -1.74. The molecule has 0 spiro atoms. The first kappa shape index (κ1) is 17.7. The average Bonchev–Trinajstić information content (AvgIpc) is 3.01. The lowest BCUT2D eigenvalue weighted by molar-refractivity contribution is 0.588. The fraction of sp³-hybridized carbons (Fsp3) is 0.263. The van der Waals surface area contributed by atoms with Crippen molar-refractivity contribution in [1.82, 2.24) is 13.9 Å². The van der Waals surface area contributed by atoms with E-state index in [1.54, 1.807) is 30.5 Å². The number of benzene rings is 1. The summed E-state index contributed by atoms with van der Waals surface area (Å²) < 4.78 is 28.4. The molecule has 0 N–H and O–H groups in total. The summed E-state index contributed by atoms with van der Waals surface area (Å²) in [5.74, 6) is 0. The number of hydrogen-bond acceptors (Lipinski definition) is 4. The number of aryl methyl sites for hydroxylation is 1. The summed E-state index contributed by atoms with van der Waals surface area (Å²) >= 11 is 2.17. The highest BCUT2D eigenvalue weighted by atomic mass is 127. The molecule has 0 atom stereocenters. The van der Waals surface area contributed by atoms with Crippen molar-refractivity contribution in [3.8, 4) is 0 Å². The molecule has 0 aliphatic heterocycles. The van der Waals surface area contributed by atoms with Gasteiger partial charge in [-0.25, -0.2) is 22.4 Å². The molecule has 26 heavy (non-hydrogen) atoms. The predicted octanol–water partition coefficient (Wildman–Crippen LogP) is 4.54. The molecule has 0 bridgehead atoms. The summed E-state index contributed by atoms with van der Waals surface area (Å²) in [6.45, 7) is 1.93. The topological polar surface area (TPSA) is 64.8 Å². The molecule has 5 nitrogen and oxygen atoms in total. The minimum atomic E-state index is -3.71. The molecule has 134 valence electrons. The van der Waals surface area contributed by atoms with E-state index in [0.717, 1.165) is 39.5 Å². The van der Waals surface area contributed by atoms with Crippen molar-refractivity contribution in [1.29, 1.82) is 0 Å². The number of allylic oxidation sites excluding steroid dienone is 2. The Morgan fingerprint density at radius 3 is 2.58 bits per heavy atom. The van der Waals surface area contributed by atoms with E-state index in [9.17, 15) is 8.42 Å². The van der Waals surface area contributed by atoms with Crippen LogP contribution < -0.4 is 0 Å². The molecule has 2 heterocycles. The van der Waals surface area contributed by atoms with Crippen molar-refractivity contribution in [2.24, 2.45) is 0 Å². The predicted molar refractivity (Wildman–Crippen MR) is 110 cm³/mol. The second kappa shape index (κ2) is 6.77. The molecule has 0 radical (unpaired) electrons. The molecular weight excluding hydrogens is 461 g/mol. The number of aromatic nitrogens is 3. The van der Waals surface area contributed by atoms with Gasteiger partial charge in [0.05, 0.1) is 16.0 Å². The third-order valence-electron chi connectivity index (χ3n) is 4.68. The van der Waals surface area contributed by atoms with Gasteiger partial charge in [-0.3, -0.25) is 0 Å². The van der Waals surface area contributed by atoms with Gasteiger partial charge in [-0.2, -0.15) is 0 Å². The van der Waals surface area contributed by atoms with Crippen LogP contribution >= 0.6 is 22.6 Å². The van der Waals surface area contributed by atoms with Crippen LogP contribution in [-0.4, -0.2) is 22.4 Å². The maximum atomic E-state index is 13.1. The minimum absolute atomic E-state index is 0.258. The first-order valence-electron chi connectivity index (χ1n) is 8.51. The molecule has 4 rings (SSSR count). The molecule has 1 aliphatic carbocycles. The maximum absolute atomic E-state index is 13.1. The molecule has 0 saturated heterocycles. The third kappa shape index (κ3) is 2.96. The van der Waals surface area contributed by atoms with E-state index in [0.29, 0.717) is 5.65 Å². The Bertz CT molecular complexity index is 1120. The monoisotopic (exact) mass is 479 g/mol. The summed E-state index contributed by atoms with van der Waals surface area (Å²) in [6.07, 6.45) is 9.66. The van der Waals surface area contributed by atoms with Crippen LogP contribution in [0.1, 0.15) is 36.9 Å². The van der Waals surface area contributed by atoms with E-state index in [1.807, 2.05) is 6.92 Å².